The van der Waals surface area contributed by atoms with Gasteiger partial charge in [-0.15, -0.1) is 0 Å². The number of hydrazine groups is 1. The topological polar surface area (TPSA) is 53.3 Å². The minimum Gasteiger partial charge on any atom is -0.329 e. The molecule has 0 saturated carbocycles. The Balaban J connectivity index is 0.000000557. The summed E-state index contributed by atoms with van der Waals surface area (Å²) in [6.07, 6.45) is 0. The highest BCUT2D eigenvalue weighted by atomic mass is 35.5. The number of anilines is 1. The van der Waals surface area contributed by atoms with Crippen LogP contribution < -0.4 is 16.6 Å². The molecule has 0 aromatic heterocycles. The van der Waals surface area contributed by atoms with Crippen molar-refractivity contribution < 1.29 is 4.39 Å². The fourth-order valence-corrected chi connectivity index (χ4v) is 0.991. The molecule has 0 saturated heterocycles. The molecule has 0 bridgehead atoms. The van der Waals surface area contributed by atoms with E-state index in [1.54, 1.807) is 6.07 Å². The zero-order valence-electron chi connectivity index (χ0n) is 10.4. The van der Waals surface area contributed by atoms with Crippen molar-refractivity contribution in [2.24, 2.45) is 5.73 Å². The second-order valence-corrected chi connectivity index (χ2v) is 4.22. The van der Waals surface area contributed by atoms with Crippen LogP contribution in [0.1, 0.15) is 0 Å². The van der Waals surface area contributed by atoms with E-state index in [2.05, 4.69) is 10.9 Å². The largest absolute Gasteiger partial charge is 0.329 e. The third-order valence-corrected chi connectivity index (χ3v) is 1.71. The minimum absolute atomic E-state index is 0.0968. The molecule has 0 amide bonds. The molecular weight excluding hydrogens is 243 g/mol. The summed E-state index contributed by atoms with van der Waals surface area (Å²) in [5, 5.41) is 0.0968. The molecule has 98 valence electrons. The Morgan fingerprint density at radius 2 is 1.94 bits per heavy atom. The molecule has 0 heterocycles. The van der Waals surface area contributed by atoms with Crippen LogP contribution in [-0.4, -0.2) is 39.1 Å². The Morgan fingerprint density at radius 1 is 1.35 bits per heavy atom. The maximum atomic E-state index is 12.7. The lowest BCUT2D eigenvalue weighted by Crippen LogP contribution is -2.27. The van der Waals surface area contributed by atoms with Gasteiger partial charge in [0, 0.05) is 13.1 Å². The van der Waals surface area contributed by atoms with Crippen molar-refractivity contribution >= 4 is 17.3 Å². The van der Waals surface area contributed by atoms with E-state index in [1.807, 2.05) is 26.0 Å². The molecule has 0 spiro atoms. The van der Waals surface area contributed by atoms with Gasteiger partial charge in [-0.3, -0.25) is 0 Å². The molecule has 4 nitrogen and oxygen atoms in total. The van der Waals surface area contributed by atoms with Crippen LogP contribution in [0.4, 0.5) is 10.1 Å². The van der Waals surface area contributed by atoms with Gasteiger partial charge in [-0.05, 0) is 39.3 Å². The highest BCUT2D eigenvalue weighted by Gasteiger charge is 1.99. The average molecular weight is 263 g/mol. The smallest absolute Gasteiger partial charge is 0.141 e. The molecule has 17 heavy (non-hydrogen) atoms. The maximum absolute atomic E-state index is 12.7. The lowest BCUT2D eigenvalue weighted by Gasteiger charge is -2.07. The first-order valence-corrected chi connectivity index (χ1v) is 5.60. The second kappa shape index (κ2) is 9.18. The van der Waals surface area contributed by atoms with Crippen molar-refractivity contribution in [3.8, 4) is 0 Å². The van der Waals surface area contributed by atoms with Gasteiger partial charge in [0.1, 0.15) is 5.82 Å². The predicted molar refractivity (Wildman–Crippen MR) is 71.7 cm³/mol. The third-order valence-electron chi connectivity index (χ3n) is 1.42. The Bertz CT molecular complexity index is 318. The van der Waals surface area contributed by atoms with Crippen LogP contribution in [0, 0.1) is 5.82 Å². The number of nitrogens with zero attached hydrogens (tertiary/aromatic N) is 1. The molecule has 0 fully saturated rings. The first kappa shape index (κ1) is 16.1. The monoisotopic (exact) mass is 262 g/mol. The number of benzene rings is 1. The van der Waals surface area contributed by atoms with Crippen molar-refractivity contribution in [1.82, 2.24) is 10.3 Å². The van der Waals surface area contributed by atoms with E-state index in [4.69, 9.17) is 17.3 Å². The molecule has 1 aromatic carbocycles. The molecule has 1 aromatic rings. The molecule has 0 unspecified atom stereocenters. The summed E-state index contributed by atoms with van der Waals surface area (Å²) in [5.74, 6) is -0.425. The number of hydrogen-bond donors (Lipinski definition) is 3. The quantitative estimate of drug-likeness (QED) is 0.569. The highest BCUT2D eigenvalue weighted by Crippen LogP contribution is 2.18. The number of hydrogen-bond acceptors (Lipinski definition) is 4. The number of nitrogens with two attached hydrogens (primary N) is 1. The molecule has 0 aliphatic rings. The van der Waals surface area contributed by atoms with E-state index in [-0.39, 0.29) is 5.02 Å². The number of halogens is 2. The zero-order chi connectivity index (χ0) is 13.3. The molecule has 6 heteroatoms. The molecule has 0 aliphatic carbocycles. The van der Waals surface area contributed by atoms with E-state index < -0.39 is 5.82 Å². The molecule has 0 radical (unpaired) electrons. The van der Waals surface area contributed by atoms with Gasteiger partial charge in [-0.2, -0.15) is 0 Å². The maximum Gasteiger partial charge on any atom is 0.141 e. The first-order chi connectivity index (χ1) is 7.97. The molecule has 4 N–H and O–H groups in total. The van der Waals surface area contributed by atoms with Gasteiger partial charge in [0.15, 0.2) is 0 Å². The van der Waals surface area contributed by atoms with Crippen LogP contribution in [0.25, 0.3) is 0 Å². The fraction of sp³-hybridized carbons (Fsp3) is 0.455. The van der Waals surface area contributed by atoms with Crippen LogP contribution in [-0.2, 0) is 0 Å². The van der Waals surface area contributed by atoms with Gasteiger partial charge in [0.05, 0.1) is 10.7 Å². The first-order valence-electron chi connectivity index (χ1n) is 5.22. The summed E-state index contributed by atoms with van der Waals surface area (Å²) >= 11 is 5.56. The zero-order valence-corrected chi connectivity index (χ0v) is 11.2. The summed E-state index contributed by atoms with van der Waals surface area (Å²) in [4.78, 5) is 2.00. The van der Waals surface area contributed by atoms with Crippen molar-refractivity contribution in [1.29, 1.82) is 0 Å². The van der Waals surface area contributed by atoms with Gasteiger partial charge < -0.3 is 16.1 Å². The Morgan fingerprint density at radius 3 is 2.41 bits per heavy atom. The van der Waals surface area contributed by atoms with Gasteiger partial charge in [0.25, 0.3) is 0 Å². The average Bonchev–Trinajstić information content (AvgIpc) is 2.23. The van der Waals surface area contributed by atoms with Crippen LogP contribution >= 0.6 is 11.6 Å². The molecular formula is C11H20ClFN4. The van der Waals surface area contributed by atoms with E-state index >= 15 is 0 Å². The van der Waals surface area contributed by atoms with Crippen LogP contribution in [0.15, 0.2) is 18.2 Å². The van der Waals surface area contributed by atoms with Gasteiger partial charge in [0.2, 0.25) is 0 Å². The summed E-state index contributed by atoms with van der Waals surface area (Å²) in [6.45, 7) is 1.16. The van der Waals surface area contributed by atoms with Gasteiger partial charge >= 0.3 is 0 Å². The normalized spacial score (nSPS) is 9.82. The van der Waals surface area contributed by atoms with Crippen molar-refractivity contribution in [3.63, 3.8) is 0 Å². The lowest BCUT2D eigenvalue weighted by molar-refractivity contribution is 0.505. The summed E-state index contributed by atoms with van der Waals surface area (Å²) in [5.41, 5.74) is 11.6. The second-order valence-electron chi connectivity index (χ2n) is 3.81. The Hall–Kier alpha value is -0.880. The lowest BCUT2D eigenvalue weighted by atomic mass is 10.3. The Kier molecular flexibility index (Phi) is 8.71. The predicted octanol–water partition coefficient (Wildman–Crippen LogP) is 1.53. The number of nitrogens with one attached hydrogen (secondary N) is 2. The van der Waals surface area contributed by atoms with Crippen LogP contribution in [0.2, 0.25) is 5.02 Å². The van der Waals surface area contributed by atoms with Crippen LogP contribution in [0.5, 0.6) is 0 Å². The van der Waals surface area contributed by atoms with Crippen molar-refractivity contribution in [2.45, 2.75) is 0 Å². The van der Waals surface area contributed by atoms with E-state index in [0.29, 0.717) is 18.8 Å². The van der Waals surface area contributed by atoms with Gasteiger partial charge in [-0.25, -0.2) is 9.82 Å². The van der Waals surface area contributed by atoms with E-state index in [0.717, 1.165) is 0 Å². The number of rotatable bonds is 4. The van der Waals surface area contributed by atoms with E-state index in [9.17, 15) is 4.39 Å². The molecule has 1 rings (SSSR count). The summed E-state index contributed by atoms with van der Waals surface area (Å²) in [6, 6.07) is 4.39. The van der Waals surface area contributed by atoms with E-state index in [1.165, 1.54) is 12.1 Å². The third kappa shape index (κ3) is 8.88. The highest BCUT2D eigenvalue weighted by molar-refractivity contribution is 6.31. The van der Waals surface area contributed by atoms with Crippen molar-refractivity contribution in [2.75, 3.05) is 39.7 Å². The van der Waals surface area contributed by atoms with Crippen molar-refractivity contribution in [3.05, 3.63) is 29.0 Å². The minimum atomic E-state index is -0.425. The molecule has 0 aliphatic heterocycles. The summed E-state index contributed by atoms with van der Waals surface area (Å²) < 4.78 is 12.7. The fourth-order valence-electron chi connectivity index (χ4n) is 0.811. The van der Waals surface area contributed by atoms with Gasteiger partial charge in [-0.1, -0.05) is 11.6 Å². The SMILES string of the molecule is CN(C)C.NCCNNc1ccc(F)c(Cl)c1. The molecule has 0 atom stereocenters. The Labute approximate surface area is 107 Å². The summed E-state index contributed by atoms with van der Waals surface area (Å²) in [7, 11) is 6.00. The standard InChI is InChI=1S/C8H11ClFN3.C3H9N/c9-7-5-6(1-2-8(7)10)13-12-4-3-11;1-4(2)3/h1-2,5,12-13H,3-4,11H2;1-3H3. The van der Waals surface area contributed by atoms with Crippen LogP contribution in [0.3, 0.4) is 0 Å².